The molecule has 0 aliphatic rings. The molecular formula is C8H15NO4. The molecule has 0 spiro atoms. The van der Waals surface area contributed by atoms with Gasteiger partial charge in [-0.15, -0.1) is 0 Å². The number of hydrogen-bond donors (Lipinski definition) is 2. The van der Waals surface area contributed by atoms with E-state index in [4.69, 9.17) is 9.84 Å². The van der Waals surface area contributed by atoms with Gasteiger partial charge in [0.2, 0.25) is 5.91 Å². The third-order valence-corrected chi connectivity index (χ3v) is 1.30. The SMILES string of the molecule is CC(C)OCC(=O)N[C@H](C)C(=O)O. The molecule has 0 aliphatic heterocycles. The van der Waals surface area contributed by atoms with Gasteiger partial charge < -0.3 is 15.2 Å². The van der Waals surface area contributed by atoms with Gasteiger partial charge in [-0.1, -0.05) is 0 Å². The van der Waals surface area contributed by atoms with Crippen molar-refractivity contribution in [2.75, 3.05) is 6.61 Å². The minimum atomic E-state index is -1.06. The average molecular weight is 189 g/mol. The second-order valence-electron chi connectivity index (χ2n) is 2.99. The van der Waals surface area contributed by atoms with Crippen molar-refractivity contribution in [1.82, 2.24) is 5.32 Å². The van der Waals surface area contributed by atoms with E-state index < -0.39 is 17.9 Å². The first kappa shape index (κ1) is 11.9. The number of hydrogen-bond acceptors (Lipinski definition) is 3. The lowest BCUT2D eigenvalue weighted by molar-refractivity contribution is -0.142. The Hall–Kier alpha value is -1.10. The minimum absolute atomic E-state index is 0.0362. The van der Waals surface area contributed by atoms with Gasteiger partial charge in [-0.2, -0.15) is 0 Å². The molecule has 0 aromatic heterocycles. The van der Waals surface area contributed by atoms with Gasteiger partial charge in [-0.25, -0.2) is 0 Å². The Morgan fingerprint density at radius 2 is 1.92 bits per heavy atom. The number of nitrogens with one attached hydrogen (secondary N) is 1. The second-order valence-corrected chi connectivity index (χ2v) is 2.99. The van der Waals surface area contributed by atoms with Crippen LogP contribution in [0.25, 0.3) is 0 Å². The quantitative estimate of drug-likeness (QED) is 0.638. The Morgan fingerprint density at radius 3 is 2.31 bits per heavy atom. The van der Waals surface area contributed by atoms with Crippen LogP contribution in [0.3, 0.4) is 0 Å². The van der Waals surface area contributed by atoms with Crippen molar-refractivity contribution in [2.45, 2.75) is 32.9 Å². The zero-order chi connectivity index (χ0) is 10.4. The number of carboxylic acid groups (broad SMARTS) is 1. The highest BCUT2D eigenvalue weighted by atomic mass is 16.5. The molecule has 0 rings (SSSR count). The number of ether oxygens (including phenoxy) is 1. The molecule has 13 heavy (non-hydrogen) atoms. The molecular weight excluding hydrogens is 174 g/mol. The number of rotatable bonds is 5. The van der Waals surface area contributed by atoms with E-state index in [0.717, 1.165) is 0 Å². The molecule has 1 atom stereocenters. The molecule has 0 bridgehead atoms. The predicted molar refractivity (Wildman–Crippen MR) is 46.3 cm³/mol. The summed E-state index contributed by atoms with van der Waals surface area (Å²) in [5.41, 5.74) is 0. The largest absolute Gasteiger partial charge is 0.480 e. The van der Waals surface area contributed by atoms with Crippen LogP contribution in [0.15, 0.2) is 0 Å². The minimum Gasteiger partial charge on any atom is -0.480 e. The lowest BCUT2D eigenvalue weighted by Crippen LogP contribution is -2.40. The highest BCUT2D eigenvalue weighted by Gasteiger charge is 2.13. The van der Waals surface area contributed by atoms with Crippen LogP contribution in [0.5, 0.6) is 0 Å². The van der Waals surface area contributed by atoms with Crippen molar-refractivity contribution in [3.8, 4) is 0 Å². The van der Waals surface area contributed by atoms with Crippen molar-refractivity contribution >= 4 is 11.9 Å². The van der Waals surface area contributed by atoms with Gasteiger partial charge >= 0.3 is 5.97 Å². The molecule has 0 saturated heterocycles. The fourth-order valence-electron chi connectivity index (χ4n) is 0.587. The van der Waals surface area contributed by atoms with E-state index in [1.54, 1.807) is 13.8 Å². The molecule has 0 radical (unpaired) electrons. The number of carboxylic acids is 1. The first-order valence-electron chi connectivity index (χ1n) is 4.07. The van der Waals surface area contributed by atoms with Crippen molar-refractivity contribution in [3.63, 3.8) is 0 Å². The van der Waals surface area contributed by atoms with Crippen LogP contribution in [0.1, 0.15) is 20.8 Å². The highest BCUT2D eigenvalue weighted by Crippen LogP contribution is 1.87. The van der Waals surface area contributed by atoms with Crippen LogP contribution in [0.2, 0.25) is 0 Å². The molecule has 76 valence electrons. The Bertz CT molecular complexity index is 191. The summed E-state index contributed by atoms with van der Waals surface area (Å²) in [6, 6.07) is -0.872. The summed E-state index contributed by atoms with van der Waals surface area (Å²) in [7, 11) is 0. The second kappa shape index (κ2) is 5.53. The van der Waals surface area contributed by atoms with Crippen LogP contribution in [0, 0.1) is 0 Å². The molecule has 0 aromatic rings. The van der Waals surface area contributed by atoms with Crippen molar-refractivity contribution in [1.29, 1.82) is 0 Å². The number of aliphatic carboxylic acids is 1. The fourth-order valence-corrected chi connectivity index (χ4v) is 0.587. The third kappa shape index (κ3) is 6.10. The first-order chi connectivity index (χ1) is 5.93. The molecule has 0 aromatic carbocycles. The normalized spacial score (nSPS) is 12.6. The topological polar surface area (TPSA) is 75.6 Å². The van der Waals surface area contributed by atoms with E-state index in [9.17, 15) is 9.59 Å². The Morgan fingerprint density at radius 1 is 1.38 bits per heavy atom. The van der Waals surface area contributed by atoms with Gasteiger partial charge in [0.05, 0.1) is 6.10 Å². The van der Waals surface area contributed by atoms with E-state index in [1.165, 1.54) is 6.92 Å². The summed E-state index contributed by atoms with van der Waals surface area (Å²) in [5, 5.41) is 10.7. The lowest BCUT2D eigenvalue weighted by Gasteiger charge is -2.10. The maximum Gasteiger partial charge on any atom is 0.325 e. The molecule has 0 unspecified atom stereocenters. The maximum absolute atomic E-state index is 11.0. The molecule has 5 heteroatoms. The number of amides is 1. The van der Waals surface area contributed by atoms with Gasteiger partial charge in [0.15, 0.2) is 0 Å². The smallest absolute Gasteiger partial charge is 0.325 e. The number of carbonyl (C=O) groups is 2. The van der Waals surface area contributed by atoms with Crippen LogP contribution in [0.4, 0.5) is 0 Å². The summed E-state index contributed by atoms with van der Waals surface area (Å²) < 4.78 is 4.98. The Balaban J connectivity index is 3.68. The van der Waals surface area contributed by atoms with Crippen molar-refractivity contribution < 1.29 is 19.4 Å². The standard InChI is InChI=1S/C8H15NO4/c1-5(2)13-4-7(10)9-6(3)8(11)12/h5-6H,4H2,1-3H3,(H,9,10)(H,11,12)/t6-/m1/s1. The van der Waals surface area contributed by atoms with Gasteiger partial charge in [-0.3, -0.25) is 9.59 Å². The summed E-state index contributed by atoms with van der Waals surface area (Å²) in [5.74, 6) is -1.47. The molecule has 0 fully saturated rings. The van der Waals surface area contributed by atoms with Gasteiger partial charge in [0, 0.05) is 0 Å². The number of carbonyl (C=O) groups excluding carboxylic acids is 1. The van der Waals surface area contributed by atoms with Crippen LogP contribution >= 0.6 is 0 Å². The summed E-state index contributed by atoms with van der Waals surface area (Å²) in [4.78, 5) is 21.3. The highest BCUT2D eigenvalue weighted by molar-refractivity contribution is 5.83. The zero-order valence-corrected chi connectivity index (χ0v) is 8.03. The molecule has 5 nitrogen and oxygen atoms in total. The van der Waals surface area contributed by atoms with Gasteiger partial charge in [0.25, 0.3) is 0 Å². The molecule has 0 heterocycles. The van der Waals surface area contributed by atoms with Crippen molar-refractivity contribution in [2.24, 2.45) is 0 Å². The van der Waals surface area contributed by atoms with Crippen LogP contribution < -0.4 is 5.32 Å². The van der Waals surface area contributed by atoms with Gasteiger partial charge in [-0.05, 0) is 20.8 Å². The maximum atomic E-state index is 11.0. The average Bonchev–Trinajstić information content (AvgIpc) is 2.00. The fraction of sp³-hybridized carbons (Fsp3) is 0.750. The predicted octanol–water partition coefficient (Wildman–Crippen LogP) is 0.000700. The van der Waals surface area contributed by atoms with E-state index >= 15 is 0 Å². The van der Waals surface area contributed by atoms with E-state index in [-0.39, 0.29) is 12.7 Å². The molecule has 1 amide bonds. The van der Waals surface area contributed by atoms with Crippen LogP contribution in [-0.2, 0) is 14.3 Å². The Kier molecular flexibility index (Phi) is 5.06. The van der Waals surface area contributed by atoms with E-state index in [1.807, 2.05) is 0 Å². The molecule has 0 saturated carbocycles. The summed E-state index contributed by atoms with van der Waals surface area (Å²) in [6.07, 6.45) is -0.0362. The summed E-state index contributed by atoms with van der Waals surface area (Å²) >= 11 is 0. The summed E-state index contributed by atoms with van der Waals surface area (Å²) in [6.45, 7) is 4.90. The first-order valence-corrected chi connectivity index (χ1v) is 4.07. The lowest BCUT2D eigenvalue weighted by atomic mass is 10.3. The monoisotopic (exact) mass is 189 g/mol. The zero-order valence-electron chi connectivity index (χ0n) is 8.03. The molecule has 2 N–H and O–H groups in total. The third-order valence-electron chi connectivity index (χ3n) is 1.30. The van der Waals surface area contributed by atoms with E-state index in [0.29, 0.717) is 0 Å². The van der Waals surface area contributed by atoms with Crippen molar-refractivity contribution in [3.05, 3.63) is 0 Å². The Labute approximate surface area is 77.1 Å². The van der Waals surface area contributed by atoms with E-state index in [2.05, 4.69) is 5.32 Å². The van der Waals surface area contributed by atoms with Gasteiger partial charge in [0.1, 0.15) is 12.6 Å². The van der Waals surface area contributed by atoms with Crippen LogP contribution in [-0.4, -0.2) is 35.7 Å². The molecule has 0 aliphatic carbocycles.